The average Bonchev–Trinajstić information content (AvgIpc) is 2.05. The second-order valence-corrected chi connectivity index (χ2v) is 2.19. The van der Waals surface area contributed by atoms with E-state index in [1.165, 1.54) is 0 Å². The van der Waals surface area contributed by atoms with Crippen molar-refractivity contribution in [2.24, 2.45) is 9.98 Å². The smallest absolute Gasteiger partial charge is 0.252 e. The zero-order chi connectivity index (χ0) is 6.81. The lowest BCUT2D eigenvalue weighted by molar-refractivity contribution is 0.299. The molecule has 2 aliphatic heterocycles. The van der Waals surface area contributed by atoms with E-state index in [1.54, 1.807) is 0 Å². The van der Waals surface area contributed by atoms with Crippen LogP contribution in [-0.2, 0) is 4.74 Å². The maximum atomic E-state index is 5.24. The number of fused-ring (bicyclic) bond motifs is 1. The molecule has 2 rings (SSSR count). The van der Waals surface area contributed by atoms with Crippen molar-refractivity contribution in [1.82, 2.24) is 5.32 Å². The van der Waals surface area contributed by atoms with E-state index in [0.717, 1.165) is 25.5 Å². The summed E-state index contributed by atoms with van der Waals surface area (Å²) in [6, 6.07) is 0. The molecule has 54 valence electrons. The van der Waals surface area contributed by atoms with Gasteiger partial charge in [-0.2, -0.15) is 0 Å². The van der Waals surface area contributed by atoms with Crippen molar-refractivity contribution in [3.8, 4) is 0 Å². The van der Waals surface area contributed by atoms with Crippen molar-refractivity contribution in [3.05, 3.63) is 0 Å². The highest BCUT2D eigenvalue weighted by atomic mass is 16.5. The van der Waals surface area contributed by atoms with Crippen molar-refractivity contribution >= 4 is 11.7 Å². The van der Waals surface area contributed by atoms with Crippen LogP contribution in [0.25, 0.3) is 0 Å². The minimum atomic E-state index is 0.692. The Balaban J connectivity index is 2.19. The quantitative estimate of drug-likeness (QED) is 0.488. The summed E-state index contributed by atoms with van der Waals surface area (Å²) in [7, 11) is 0. The van der Waals surface area contributed by atoms with Gasteiger partial charge in [-0.1, -0.05) is 0 Å². The van der Waals surface area contributed by atoms with Gasteiger partial charge in [-0.25, -0.2) is 4.99 Å². The summed E-state index contributed by atoms with van der Waals surface area (Å²) in [5.74, 6) is 1.52. The summed E-state index contributed by atoms with van der Waals surface area (Å²) < 4.78 is 5.24. The number of aliphatic imine (C=N–C) groups is 2. The third kappa shape index (κ3) is 0.853. The summed E-state index contributed by atoms with van der Waals surface area (Å²) >= 11 is 0. The van der Waals surface area contributed by atoms with E-state index in [2.05, 4.69) is 15.3 Å². The molecule has 10 heavy (non-hydrogen) atoms. The zero-order valence-electron chi connectivity index (χ0n) is 5.63. The molecule has 0 aliphatic carbocycles. The van der Waals surface area contributed by atoms with Crippen molar-refractivity contribution < 1.29 is 4.74 Å². The van der Waals surface area contributed by atoms with E-state index in [1.807, 2.05) is 0 Å². The molecular weight excluding hydrogens is 130 g/mol. The Labute approximate surface area is 59.0 Å². The van der Waals surface area contributed by atoms with E-state index < -0.39 is 0 Å². The fraction of sp³-hybridized carbons (Fsp3) is 0.667. The molecule has 0 aromatic carbocycles. The van der Waals surface area contributed by atoms with Gasteiger partial charge in [-0.3, -0.25) is 4.99 Å². The van der Waals surface area contributed by atoms with Crippen LogP contribution in [0.2, 0.25) is 0 Å². The van der Waals surface area contributed by atoms with E-state index >= 15 is 0 Å². The second-order valence-electron chi connectivity index (χ2n) is 2.19. The summed E-state index contributed by atoms with van der Waals surface area (Å²) in [6.07, 6.45) is 0. The highest BCUT2D eigenvalue weighted by molar-refractivity contribution is 6.38. The number of nitrogens with zero attached hydrogens (tertiary/aromatic N) is 2. The first-order chi connectivity index (χ1) is 4.97. The second kappa shape index (κ2) is 2.28. The first-order valence-corrected chi connectivity index (χ1v) is 3.43. The van der Waals surface area contributed by atoms with Crippen molar-refractivity contribution in [1.29, 1.82) is 0 Å². The first kappa shape index (κ1) is 5.70. The number of ether oxygens (including phenoxy) is 1. The fourth-order valence-corrected chi connectivity index (χ4v) is 1.02. The molecule has 0 aromatic heterocycles. The van der Waals surface area contributed by atoms with Crippen LogP contribution in [0.5, 0.6) is 0 Å². The summed E-state index contributed by atoms with van der Waals surface area (Å²) in [4.78, 5) is 8.35. The maximum Gasteiger partial charge on any atom is 0.252 e. The van der Waals surface area contributed by atoms with Gasteiger partial charge in [0.15, 0.2) is 5.84 Å². The molecule has 1 N–H and O–H groups in total. The molecule has 0 atom stereocenters. The number of amidine groups is 1. The molecule has 0 spiro atoms. The van der Waals surface area contributed by atoms with Crippen molar-refractivity contribution in [2.75, 3.05) is 26.2 Å². The third-order valence-corrected chi connectivity index (χ3v) is 1.46. The lowest BCUT2D eigenvalue weighted by Gasteiger charge is -2.20. The molecule has 2 aliphatic rings. The van der Waals surface area contributed by atoms with Crippen LogP contribution in [0.3, 0.4) is 0 Å². The Morgan fingerprint density at radius 2 is 2.20 bits per heavy atom. The van der Waals surface area contributed by atoms with Crippen molar-refractivity contribution in [2.45, 2.75) is 0 Å². The van der Waals surface area contributed by atoms with Gasteiger partial charge in [0, 0.05) is 0 Å². The topological polar surface area (TPSA) is 46.0 Å². The van der Waals surface area contributed by atoms with Gasteiger partial charge in [-0.05, 0) is 0 Å². The standard InChI is InChI=1S/C6H9N3O/c1-2-9-6-5(7-1)8-3-4-10-6/h1-4H2,(H,7,8). The molecule has 1 saturated heterocycles. The Hall–Kier alpha value is -1.06. The van der Waals surface area contributed by atoms with Gasteiger partial charge in [0.05, 0.1) is 19.6 Å². The van der Waals surface area contributed by atoms with Gasteiger partial charge in [-0.15, -0.1) is 0 Å². The van der Waals surface area contributed by atoms with Gasteiger partial charge < -0.3 is 10.1 Å². The highest BCUT2D eigenvalue weighted by Gasteiger charge is 2.16. The van der Waals surface area contributed by atoms with Crippen LogP contribution < -0.4 is 5.32 Å². The molecule has 4 heteroatoms. The molecule has 0 amide bonds. The van der Waals surface area contributed by atoms with Gasteiger partial charge in [0.2, 0.25) is 0 Å². The van der Waals surface area contributed by atoms with Gasteiger partial charge in [0.25, 0.3) is 5.90 Å². The number of hydrogen-bond donors (Lipinski definition) is 1. The third-order valence-electron chi connectivity index (χ3n) is 1.46. The lowest BCUT2D eigenvalue weighted by atomic mass is 10.4. The molecule has 0 bridgehead atoms. The number of hydrogen-bond acceptors (Lipinski definition) is 4. The number of nitrogens with one attached hydrogen (secondary N) is 1. The molecule has 0 aromatic rings. The van der Waals surface area contributed by atoms with E-state index in [0.29, 0.717) is 12.5 Å². The van der Waals surface area contributed by atoms with E-state index in [9.17, 15) is 0 Å². The van der Waals surface area contributed by atoms with Crippen LogP contribution in [0, 0.1) is 0 Å². The zero-order valence-corrected chi connectivity index (χ0v) is 5.63. The lowest BCUT2D eigenvalue weighted by Crippen LogP contribution is -2.43. The Morgan fingerprint density at radius 1 is 1.30 bits per heavy atom. The highest BCUT2D eigenvalue weighted by Crippen LogP contribution is 1.97. The molecule has 1 fully saturated rings. The van der Waals surface area contributed by atoms with Crippen LogP contribution in [-0.4, -0.2) is 38.0 Å². The van der Waals surface area contributed by atoms with Gasteiger partial charge >= 0.3 is 0 Å². The minimum absolute atomic E-state index is 0.692. The largest absolute Gasteiger partial charge is 0.473 e. The number of morpholine rings is 1. The SMILES string of the molecule is C1CN=C2OCCNC2=N1. The molecule has 4 nitrogen and oxygen atoms in total. The normalized spacial score (nSPS) is 23.2. The van der Waals surface area contributed by atoms with Crippen LogP contribution in [0.4, 0.5) is 0 Å². The Morgan fingerprint density at radius 3 is 3.10 bits per heavy atom. The number of rotatable bonds is 0. The van der Waals surface area contributed by atoms with Crippen LogP contribution in [0.15, 0.2) is 9.98 Å². The summed E-state index contributed by atoms with van der Waals surface area (Å²) in [5.41, 5.74) is 0. The van der Waals surface area contributed by atoms with Gasteiger partial charge in [0.1, 0.15) is 6.61 Å². The first-order valence-electron chi connectivity index (χ1n) is 3.43. The predicted molar refractivity (Wildman–Crippen MR) is 38.6 cm³/mol. The fourth-order valence-electron chi connectivity index (χ4n) is 1.02. The minimum Gasteiger partial charge on any atom is -0.473 e. The average molecular weight is 139 g/mol. The molecule has 0 unspecified atom stereocenters. The summed E-state index contributed by atoms with van der Waals surface area (Å²) in [5, 5.41) is 3.12. The summed E-state index contributed by atoms with van der Waals surface area (Å²) in [6.45, 7) is 3.10. The molecule has 0 radical (unpaired) electrons. The van der Waals surface area contributed by atoms with Crippen molar-refractivity contribution in [3.63, 3.8) is 0 Å². The van der Waals surface area contributed by atoms with E-state index in [4.69, 9.17) is 4.74 Å². The Kier molecular flexibility index (Phi) is 1.30. The predicted octanol–water partition coefficient (Wildman–Crippen LogP) is -0.583. The molecule has 0 saturated carbocycles. The van der Waals surface area contributed by atoms with E-state index in [-0.39, 0.29) is 0 Å². The maximum absolute atomic E-state index is 5.24. The molecule has 2 heterocycles. The van der Waals surface area contributed by atoms with Crippen LogP contribution >= 0.6 is 0 Å². The molecular formula is C6H9N3O. The monoisotopic (exact) mass is 139 g/mol. The Bertz CT molecular complexity index is 175. The van der Waals surface area contributed by atoms with Crippen LogP contribution in [0.1, 0.15) is 0 Å².